The highest BCUT2D eigenvalue weighted by molar-refractivity contribution is 8.13. The molecule has 23 heavy (non-hydrogen) atoms. The second-order valence-electron chi connectivity index (χ2n) is 5.22. The molecule has 0 unspecified atom stereocenters. The van der Waals surface area contributed by atoms with E-state index in [4.69, 9.17) is 10.5 Å². The number of aliphatic imine (C=N–C) groups is 1. The van der Waals surface area contributed by atoms with Gasteiger partial charge >= 0.3 is 5.97 Å². The SMILES string of the molecule is COC(=O)c1cccc(CSC(N)=Nc2cc(C)ccc2C)c1. The van der Waals surface area contributed by atoms with Crippen molar-refractivity contribution in [3.63, 3.8) is 0 Å². The summed E-state index contributed by atoms with van der Waals surface area (Å²) in [5.41, 5.74) is 10.7. The van der Waals surface area contributed by atoms with Gasteiger partial charge in [0.1, 0.15) is 0 Å². The van der Waals surface area contributed by atoms with Crippen LogP contribution in [0.3, 0.4) is 0 Å². The number of hydrogen-bond acceptors (Lipinski definition) is 4. The molecule has 0 aliphatic rings. The highest BCUT2D eigenvalue weighted by Crippen LogP contribution is 2.22. The number of ether oxygens (including phenoxy) is 1. The number of amidine groups is 1. The van der Waals surface area contributed by atoms with Gasteiger partial charge in [-0.2, -0.15) is 0 Å². The molecule has 2 rings (SSSR count). The number of rotatable bonds is 4. The lowest BCUT2D eigenvalue weighted by Crippen LogP contribution is -2.07. The third-order valence-corrected chi connectivity index (χ3v) is 4.19. The van der Waals surface area contributed by atoms with Crippen molar-refractivity contribution in [1.29, 1.82) is 0 Å². The molecule has 0 spiro atoms. The first-order valence-electron chi connectivity index (χ1n) is 7.21. The molecular weight excluding hydrogens is 308 g/mol. The van der Waals surface area contributed by atoms with E-state index in [1.807, 2.05) is 44.2 Å². The Morgan fingerprint density at radius 3 is 2.74 bits per heavy atom. The molecule has 0 bridgehead atoms. The van der Waals surface area contributed by atoms with Crippen molar-refractivity contribution in [2.45, 2.75) is 19.6 Å². The van der Waals surface area contributed by atoms with Crippen LogP contribution in [0.5, 0.6) is 0 Å². The van der Waals surface area contributed by atoms with E-state index in [1.54, 1.807) is 6.07 Å². The first-order chi connectivity index (χ1) is 11.0. The van der Waals surface area contributed by atoms with Crippen molar-refractivity contribution in [3.8, 4) is 0 Å². The summed E-state index contributed by atoms with van der Waals surface area (Å²) in [6.07, 6.45) is 0. The van der Waals surface area contributed by atoms with Gasteiger partial charge in [0.25, 0.3) is 0 Å². The Morgan fingerprint density at radius 2 is 2.00 bits per heavy atom. The monoisotopic (exact) mass is 328 g/mol. The zero-order valence-electron chi connectivity index (χ0n) is 13.5. The summed E-state index contributed by atoms with van der Waals surface area (Å²) >= 11 is 1.44. The van der Waals surface area contributed by atoms with Crippen LogP contribution in [0.4, 0.5) is 5.69 Å². The predicted molar refractivity (Wildman–Crippen MR) is 96.3 cm³/mol. The Balaban J connectivity index is 2.07. The highest BCUT2D eigenvalue weighted by Gasteiger charge is 2.06. The van der Waals surface area contributed by atoms with Crippen molar-refractivity contribution >= 4 is 28.6 Å². The Hall–Kier alpha value is -2.27. The van der Waals surface area contributed by atoms with Crippen LogP contribution in [0.15, 0.2) is 47.5 Å². The van der Waals surface area contributed by atoms with Gasteiger partial charge < -0.3 is 10.5 Å². The van der Waals surface area contributed by atoms with E-state index >= 15 is 0 Å². The van der Waals surface area contributed by atoms with Gasteiger partial charge in [-0.25, -0.2) is 9.79 Å². The van der Waals surface area contributed by atoms with Crippen LogP contribution in [0.1, 0.15) is 27.0 Å². The minimum absolute atomic E-state index is 0.339. The Morgan fingerprint density at radius 1 is 1.22 bits per heavy atom. The molecule has 0 atom stereocenters. The normalized spacial score (nSPS) is 11.3. The zero-order valence-corrected chi connectivity index (χ0v) is 14.3. The summed E-state index contributed by atoms with van der Waals surface area (Å²) in [6, 6.07) is 13.4. The van der Waals surface area contributed by atoms with Gasteiger partial charge in [0.15, 0.2) is 5.17 Å². The van der Waals surface area contributed by atoms with Crippen LogP contribution in [0.2, 0.25) is 0 Å². The Labute approximate surface area is 140 Å². The maximum absolute atomic E-state index is 11.5. The lowest BCUT2D eigenvalue weighted by molar-refractivity contribution is 0.0600. The number of nitrogens with zero attached hydrogens (tertiary/aromatic N) is 1. The minimum Gasteiger partial charge on any atom is -0.465 e. The summed E-state index contributed by atoms with van der Waals surface area (Å²) < 4.78 is 4.73. The molecule has 0 saturated heterocycles. The summed E-state index contributed by atoms with van der Waals surface area (Å²) in [7, 11) is 1.37. The average molecular weight is 328 g/mol. The number of carbonyl (C=O) groups is 1. The summed E-state index contributed by atoms with van der Waals surface area (Å²) in [5.74, 6) is 0.305. The van der Waals surface area contributed by atoms with Crippen molar-refractivity contribution in [1.82, 2.24) is 0 Å². The molecule has 0 fully saturated rings. The standard InChI is InChI=1S/C18H20N2O2S/c1-12-7-8-13(2)16(9-12)20-18(19)23-11-14-5-4-6-15(10-14)17(21)22-3/h4-10H,11H2,1-3H3,(H2,19,20). The molecule has 2 aromatic rings. The van der Waals surface area contributed by atoms with E-state index in [-0.39, 0.29) is 5.97 Å². The zero-order chi connectivity index (χ0) is 16.8. The third kappa shape index (κ3) is 4.86. The number of carbonyl (C=O) groups excluding carboxylic acids is 1. The Bertz CT molecular complexity index is 742. The lowest BCUT2D eigenvalue weighted by Gasteiger charge is -2.06. The second kappa shape index (κ2) is 7.83. The molecule has 0 aliphatic heterocycles. The first-order valence-corrected chi connectivity index (χ1v) is 8.19. The number of hydrogen-bond donors (Lipinski definition) is 1. The number of esters is 1. The van der Waals surface area contributed by atoms with Crippen LogP contribution < -0.4 is 5.73 Å². The fourth-order valence-corrected chi connectivity index (χ4v) is 2.71. The van der Waals surface area contributed by atoms with E-state index in [9.17, 15) is 4.79 Å². The molecule has 0 saturated carbocycles. The quantitative estimate of drug-likeness (QED) is 0.524. The smallest absolute Gasteiger partial charge is 0.337 e. The molecule has 0 aromatic heterocycles. The van der Waals surface area contributed by atoms with Gasteiger partial charge in [-0.15, -0.1) is 0 Å². The fourth-order valence-electron chi connectivity index (χ4n) is 2.05. The summed E-state index contributed by atoms with van der Waals surface area (Å²) in [6.45, 7) is 4.04. The molecule has 4 nitrogen and oxygen atoms in total. The van der Waals surface area contributed by atoms with Crippen LogP contribution in [0.25, 0.3) is 0 Å². The molecule has 0 aliphatic carbocycles. The fraction of sp³-hybridized carbons (Fsp3) is 0.222. The van der Waals surface area contributed by atoms with E-state index in [0.29, 0.717) is 16.5 Å². The van der Waals surface area contributed by atoms with Crippen molar-refractivity contribution in [2.75, 3.05) is 7.11 Å². The van der Waals surface area contributed by atoms with Gasteiger partial charge in [0.2, 0.25) is 0 Å². The topological polar surface area (TPSA) is 64.7 Å². The van der Waals surface area contributed by atoms with E-state index in [0.717, 1.165) is 22.4 Å². The van der Waals surface area contributed by atoms with E-state index < -0.39 is 0 Å². The highest BCUT2D eigenvalue weighted by atomic mass is 32.2. The number of thioether (sulfide) groups is 1. The van der Waals surface area contributed by atoms with Gasteiger partial charge in [0, 0.05) is 5.75 Å². The summed E-state index contributed by atoms with van der Waals surface area (Å²) in [5, 5.41) is 0.502. The lowest BCUT2D eigenvalue weighted by atomic mass is 10.1. The molecule has 120 valence electrons. The van der Waals surface area contributed by atoms with Crippen LogP contribution in [-0.2, 0) is 10.5 Å². The number of aryl methyl sites for hydroxylation is 2. The van der Waals surface area contributed by atoms with Crippen LogP contribution in [0, 0.1) is 13.8 Å². The molecule has 0 radical (unpaired) electrons. The van der Waals surface area contributed by atoms with Crippen molar-refractivity contribution in [2.24, 2.45) is 10.7 Å². The summed E-state index contributed by atoms with van der Waals surface area (Å²) in [4.78, 5) is 16.0. The molecule has 0 heterocycles. The molecule has 5 heteroatoms. The van der Waals surface area contributed by atoms with E-state index in [1.165, 1.54) is 18.9 Å². The predicted octanol–water partition coefficient (Wildman–Crippen LogP) is 3.97. The molecule has 2 aromatic carbocycles. The number of benzene rings is 2. The largest absolute Gasteiger partial charge is 0.465 e. The number of nitrogens with two attached hydrogens (primary N) is 1. The van der Waals surface area contributed by atoms with Gasteiger partial charge in [-0.3, -0.25) is 0 Å². The van der Waals surface area contributed by atoms with E-state index in [2.05, 4.69) is 11.1 Å². The first kappa shape index (κ1) is 17.1. The maximum atomic E-state index is 11.5. The van der Waals surface area contributed by atoms with Gasteiger partial charge in [-0.1, -0.05) is 36.0 Å². The van der Waals surface area contributed by atoms with Gasteiger partial charge in [0.05, 0.1) is 18.4 Å². The number of methoxy groups -OCH3 is 1. The third-order valence-electron chi connectivity index (χ3n) is 3.33. The maximum Gasteiger partial charge on any atom is 0.337 e. The molecule has 2 N–H and O–H groups in total. The minimum atomic E-state index is -0.339. The average Bonchev–Trinajstić information content (AvgIpc) is 2.56. The molecular formula is C18H20N2O2S. The molecule has 0 amide bonds. The Kier molecular flexibility index (Phi) is 5.82. The van der Waals surface area contributed by atoms with Crippen molar-refractivity contribution < 1.29 is 9.53 Å². The second-order valence-corrected chi connectivity index (χ2v) is 6.22. The van der Waals surface area contributed by atoms with Crippen LogP contribution >= 0.6 is 11.8 Å². The van der Waals surface area contributed by atoms with Gasteiger partial charge in [-0.05, 0) is 48.7 Å². The van der Waals surface area contributed by atoms with Crippen molar-refractivity contribution in [3.05, 3.63) is 64.7 Å². The van der Waals surface area contributed by atoms with Crippen LogP contribution in [-0.4, -0.2) is 18.2 Å².